The molecule has 0 aliphatic carbocycles. The molecule has 0 spiro atoms. The standard InChI is InChI=1S/C12H11N5O2.Na.H2O4S.H/c13-8-1-6-12(11(14)7-8)16-15-9-2-4-10(5-3-9)17(18)19;;1-5(2,3)4;/h1-7H,13-14H2;;(H2,1,2,3,4);/q;+1;;-1. The monoisotopic (exact) mass is 379 g/mol. The Kier molecular flexibility index (Phi) is 9.19. The van der Waals surface area contributed by atoms with Crippen LogP contribution in [0.25, 0.3) is 0 Å². The quantitative estimate of drug-likeness (QED) is 0.138. The number of hydrogen-bond acceptors (Lipinski definition) is 8. The number of rotatable bonds is 3. The first-order valence-electron chi connectivity index (χ1n) is 6.07. The van der Waals surface area contributed by atoms with Crippen molar-refractivity contribution >= 4 is 38.8 Å². The van der Waals surface area contributed by atoms with Gasteiger partial charge in [0.1, 0.15) is 5.69 Å². The molecule has 0 aliphatic heterocycles. The first-order valence-corrected chi connectivity index (χ1v) is 7.47. The molecule has 0 bridgehead atoms. The number of nitrogens with zero attached hydrogens (tertiary/aromatic N) is 3. The normalized spacial score (nSPS) is 10.5. The SMILES string of the molecule is Nc1ccc(N=Nc2ccc([N+](=O)[O-])cc2)c(N)c1.O=S(=O)(O)O.[H-].[Na+]. The van der Waals surface area contributed by atoms with Gasteiger partial charge in [-0.1, -0.05) is 0 Å². The van der Waals surface area contributed by atoms with E-state index in [9.17, 15) is 10.1 Å². The first kappa shape index (κ1) is 22.9. The van der Waals surface area contributed by atoms with Gasteiger partial charge >= 0.3 is 40.0 Å². The summed E-state index contributed by atoms with van der Waals surface area (Å²) >= 11 is 0. The second-order valence-electron chi connectivity index (χ2n) is 4.24. The number of benzene rings is 2. The molecule has 0 atom stereocenters. The van der Waals surface area contributed by atoms with Crippen molar-refractivity contribution in [3.05, 3.63) is 52.6 Å². The number of nitrogen functional groups attached to an aromatic ring is 2. The molecule has 0 fully saturated rings. The molecule has 2 aromatic rings. The third kappa shape index (κ3) is 9.71. The van der Waals surface area contributed by atoms with E-state index in [4.69, 9.17) is 29.0 Å². The molecule has 0 aliphatic rings. The molecule has 130 valence electrons. The van der Waals surface area contributed by atoms with Crippen LogP contribution in [0.2, 0.25) is 0 Å². The van der Waals surface area contributed by atoms with Crippen LogP contribution in [0, 0.1) is 10.1 Å². The molecule has 0 heterocycles. The van der Waals surface area contributed by atoms with Gasteiger partial charge in [-0.15, -0.1) is 5.11 Å². The summed E-state index contributed by atoms with van der Waals surface area (Å²) in [6.45, 7) is 0. The largest absolute Gasteiger partial charge is 1.00 e. The van der Waals surface area contributed by atoms with Gasteiger partial charge in [0.25, 0.3) is 5.69 Å². The molecule has 0 unspecified atom stereocenters. The predicted octanol–water partition coefficient (Wildman–Crippen LogP) is -0.362. The number of hydrogen-bond donors (Lipinski definition) is 4. The van der Waals surface area contributed by atoms with Crippen molar-refractivity contribution in [3.63, 3.8) is 0 Å². The molecule has 11 nitrogen and oxygen atoms in total. The first-order chi connectivity index (χ1) is 11.1. The Morgan fingerprint density at radius 1 is 1.04 bits per heavy atom. The van der Waals surface area contributed by atoms with Crippen molar-refractivity contribution in [2.75, 3.05) is 11.5 Å². The maximum atomic E-state index is 10.5. The summed E-state index contributed by atoms with van der Waals surface area (Å²) in [5, 5.41) is 18.4. The van der Waals surface area contributed by atoms with Crippen LogP contribution in [-0.4, -0.2) is 22.4 Å². The van der Waals surface area contributed by atoms with Gasteiger partial charge in [-0.2, -0.15) is 13.5 Å². The Labute approximate surface area is 166 Å². The van der Waals surface area contributed by atoms with Crippen molar-refractivity contribution in [3.8, 4) is 0 Å². The van der Waals surface area contributed by atoms with Crippen LogP contribution in [0.1, 0.15) is 1.43 Å². The van der Waals surface area contributed by atoms with Gasteiger partial charge in [-0.3, -0.25) is 19.2 Å². The van der Waals surface area contributed by atoms with Crippen LogP contribution in [0.15, 0.2) is 52.7 Å². The number of non-ortho nitro benzene ring substituents is 1. The fourth-order valence-corrected chi connectivity index (χ4v) is 1.42. The molecule has 13 heteroatoms. The molecule has 2 aromatic carbocycles. The van der Waals surface area contributed by atoms with Crippen molar-refractivity contribution in [1.29, 1.82) is 0 Å². The van der Waals surface area contributed by atoms with Gasteiger partial charge in [-0.05, 0) is 30.3 Å². The van der Waals surface area contributed by atoms with Gasteiger partial charge in [-0.25, -0.2) is 0 Å². The minimum Gasteiger partial charge on any atom is -1.00 e. The van der Waals surface area contributed by atoms with Crippen LogP contribution >= 0.6 is 0 Å². The van der Waals surface area contributed by atoms with Crippen molar-refractivity contribution in [2.24, 2.45) is 10.2 Å². The van der Waals surface area contributed by atoms with E-state index in [1.54, 1.807) is 18.2 Å². The Bertz CT molecular complexity index is 855. The molecule has 0 amide bonds. The number of azo groups is 1. The smallest absolute Gasteiger partial charge is 1.00 e. The van der Waals surface area contributed by atoms with Crippen LogP contribution < -0.4 is 41.0 Å². The zero-order chi connectivity index (χ0) is 18.3. The Balaban J connectivity index is 0. The molecule has 6 N–H and O–H groups in total. The molecule has 0 radical (unpaired) electrons. The van der Waals surface area contributed by atoms with E-state index in [0.29, 0.717) is 22.7 Å². The summed E-state index contributed by atoms with van der Waals surface area (Å²) in [6, 6.07) is 10.6. The molecule has 0 aromatic heterocycles. The number of nitro benzene ring substituents is 1. The third-order valence-corrected chi connectivity index (χ3v) is 2.39. The number of anilines is 2. The van der Waals surface area contributed by atoms with E-state index in [1.165, 1.54) is 24.3 Å². The van der Waals surface area contributed by atoms with Gasteiger partial charge in [0.2, 0.25) is 0 Å². The average molecular weight is 379 g/mol. The molecule has 25 heavy (non-hydrogen) atoms. The van der Waals surface area contributed by atoms with Crippen LogP contribution in [0.4, 0.5) is 28.4 Å². The minimum absolute atomic E-state index is 0. The maximum absolute atomic E-state index is 10.5. The second kappa shape index (κ2) is 10.0. The van der Waals surface area contributed by atoms with E-state index in [0.717, 1.165) is 0 Å². The fraction of sp³-hybridized carbons (Fsp3) is 0. The zero-order valence-electron chi connectivity index (χ0n) is 14.0. The number of nitro groups is 1. The van der Waals surface area contributed by atoms with Gasteiger partial charge in [0.05, 0.1) is 16.3 Å². The predicted molar refractivity (Wildman–Crippen MR) is 87.8 cm³/mol. The summed E-state index contributed by atoms with van der Waals surface area (Å²) in [4.78, 5) is 10.0. The molecule has 2 rings (SSSR count). The molecular formula is C12H14N5NaO6S. The maximum Gasteiger partial charge on any atom is 1.00 e. The van der Waals surface area contributed by atoms with Crippen molar-refractivity contribution in [1.82, 2.24) is 0 Å². The van der Waals surface area contributed by atoms with Crippen molar-refractivity contribution in [2.45, 2.75) is 0 Å². The van der Waals surface area contributed by atoms with E-state index in [-0.39, 0.29) is 36.7 Å². The number of nitrogens with two attached hydrogens (primary N) is 2. The van der Waals surface area contributed by atoms with E-state index in [1.807, 2.05) is 0 Å². The summed E-state index contributed by atoms with van der Waals surface area (Å²) in [5.41, 5.74) is 13.3. The topological polar surface area (TPSA) is 194 Å². The van der Waals surface area contributed by atoms with Crippen LogP contribution in [0.3, 0.4) is 0 Å². The van der Waals surface area contributed by atoms with Gasteiger partial charge in [0.15, 0.2) is 0 Å². The van der Waals surface area contributed by atoms with Crippen LogP contribution in [0.5, 0.6) is 0 Å². The third-order valence-electron chi connectivity index (χ3n) is 2.39. The molecule has 0 saturated heterocycles. The van der Waals surface area contributed by atoms with Gasteiger partial charge < -0.3 is 12.9 Å². The summed E-state index contributed by atoms with van der Waals surface area (Å²) < 4.78 is 31.6. The molecular weight excluding hydrogens is 365 g/mol. The molecule has 0 saturated carbocycles. The Hall–Kier alpha value is -2.09. The van der Waals surface area contributed by atoms with Crippen LogP contribution in [-0.2, 0) is 10.4 Å². The van der Waals surface area contributed by atoms with Crippen molar-refractivity contribution < 1.29 is 53.4 Å². The van der Waals surface area contributed by atoms with E-state index >= 15 is 0 Å². The van der Waals surface area contributed by atoms with Gasteiger partial charge in [0, 0.05) is 17.8 Å². The minimum atomic E-state index is -4.67. The Morgan fingerprint density at radius 3 is 2.00 bits per heavy atom. The second-order valence-corrected chi connectivity index (χ2v) is 5.14. The fourth-order valence-electron chi connectivity index (χ4n) is 1.42. The Morgan fingerprint density at radius 2 is 1.56 bits per heavy atom. The zero-order valence-corrected chi connectivity index (χ0v) is 15.8. The summed E-state index contributed by atoms with van der Waals surface area (Å²) in [6.07, 6.45) is 0. The van der Waals surface area contributed by atoms with E-state index in [2.05, 4.69) is 10.2 Å². The van der Waals surface area contributed by atoms with E-state index < -0.39 is 15.3 Å². The average Bonchev–Trinajstić information content (AvgIpc) is 2.45. The summed E-state index contributed by atoms with van der Waals surface area (Å²) in [7, 11) is -4.67. The summed E-state index contributed by atoms with van der Waals surface area (Å²) in [5.74, 6) is 0.